The first-order valence-electron chi connectivity index (χ1n) is 8.38. The number of carbonyl (C=O) groups is 2. The molecule has 7 nitrogen and oxygen atoms in total. The van der Waals surface area contributed by atoms with Crippen molar-refractivity contribution in [2.24, 2.45) is 0 Å². The van der Waals surface area contributed by atoms with E-state index in [9.17, 15) is 19.8 Å². The number of aliphatic hydroxyl groups is 2. The largest absolute Gasteiger partial charge is 0.459 e. The van der Waals surface area contributed by atoms with Crippen LogP contribution in [0.4, 0.5) is 0 Å². The van der Waals surface area contributed by atoms with Gasteiger partial charge in [0.05, 0.1) is 12.6 Å². The summed E-state index contributed by atoms with van der Waals surface area (Å²) in [6.45, 7) is 5.98. The van der Waals surface area contributed by atoms with E-state index >= 15 is 0 Å². The van der Waals surface area contributed by atoms with Gasteiger partial charge in [0.2, 0.25) is 5.60 Å². The van der Waals surface area contributed by atoms with Crippen LogP contribution < -0.4 is 0 Å². The van der Waals surface area contributed by atoms with Crippen LogP contribution in [-0.4, -0.2) is 71.1 Å². The smallest absolute Gasteiger partial charge is 0.345 e. The predicted octanol–water partition coefficient (Wildman–Crippen LogP) is 0.0853. The molecule has 0 aromatic heterocycles. The van der Waals surface area contributed by atoms with E-state index in [1.165, 1.54) is 0 Å². The molecule has 0 radical (unpaired) electrons. The molecule has 0 bridgehead atoms. The molecule has 0 saturated carbocycles. The van der Waals surface area contributed by atoms with E-state index in [1.807, 2.05) is 6.08 Å². The Balaban J connectivity index is 1.94. The molecule has 25 heavy (non-hydrogen) atoms. The second-order valence-corrected chi connectivity index (χ2v) is 6.64. The minimum atomic E-state index is -2.25. The summed E-state index contributed by atoms with van der Waals surface area (Å²) in [7, 11) is 0. The summed E-state index contributed by atoms with van der Waals surface area (Å²) in [5.74, 6) is -1.45. The van der Waals surface area contributed by atoms with Crippen LogP contribution in [0, 0.1) is 0 Å². The number of cyclic esters (lactones) is 1. The summed E-state index contributed by atoms with van der Waals surface area (Å²) in [5.41, 5.74) is -1.12. The molecule has 136 valence electrons. The maximum atomic E-state index is 12.5. The predicted molar refractivity (Wildman–Crippen MR) is 88.4 cm³/mol. The Bertz CT molecular complexity index is 666. The Hall–Kier alpha value is -1.96. The van der Waals surface area contributed by atoms with Crippen molar-refractivity contribution in [3.63, 3.8) is 0 Å². The van der Waals surface area contributed by atoms with Crippen LogP contribution in [-0.2, 0) is 19.1 Å². The number of aliphatic hydroxyl groups excluding tert-OH is 1. The molecule has 2 fully saturated rings. The van der Waals surface area contributed by atoms with Gasteiger partial charge in [0.25, 0.3) is 0 Å². The van der Waals surface area contributed by atoms with E-state index in [2.05, 4.69) is 11.5 Å². The van der Waals surface area contributed by atoms with Crippen molar-refractivity contribution >= 4 is 11.9 Å². The van der Waals surface area contributed by atoms with Crippen LogP contribution in [0.1, 0.15) is 19.8 Å². The van der Waals surface area contributed by atoms with Gasteiger partial charge >= 0.3 is 11.9 Å². The van der Waals surface area contributed by atoms with Crippen molar-refractivity contribution in [1.82, 2.24) is 4.90 Å². The van der Waals surface area contributed by atoms with E-state index in [-0.39, 0.29) is 36.3 Å². The lowest BCUT2D eigenvalue weighted by Gasteiger charge is -2.29. The number of hydrogen-bond donors (Lipinski definition) is 2. The minimum Gasteiger partial charge on any atom is -0.459 e. The van der Waals surface area contributed by atoms with Crippen LogP contribution in [0.25, 0.3) is 0 Å². The van der Waals surface area contributed by atoms with E-state index in [1.54, 1.807) is 13.0 Å². The van der Waals surface area contributed by atoms with E-state index < -0.39 is 24.1 Å². The first-order valence-corrected chi connectivity index (χ1v) is 8.38. The molecular formula is C18H23NO6. The fourth-order valence-electron chi connectivity index (χ4n) is 3.60. The van der Waals surface area contributed by atoms with Crippen LogP contribution in [0.2, 0.25) is 0 Å². The number of rotatable bonds is 1. The molecule has 0 amide bonds. The Morgan fingerprint density at radius 1 is 1.48 bits per heavy atom. The van der Waals surface area contributed by atoms with Crippen LogP contribution in [0.5, 0.6) is 0 Å². The zero-order valence-electron chi connectivity index (χ0n) is 14.2. The third-order valence-electron chi connectivity index (χ3n) is 5.21. The summed E-state index contributed by atoms with van der Waals surface area (Å²) < 4.78 is 11.0. The lowest BCUT2D eigenvalue weighted by atomic mass is 9.90. The highest BCUT2D eigenvalue weighted by Gasteiger charge is 2.45. The molecule has 3 atom stereocenters. The van der Waals surface area contributed by atoms with Gasteiger partial charge in [-0.15, -0.1) is 0 Å². The van der Waals surface area contributed by atoms with Gasteiger partial charge in [0, 0.05) is 25.1 Å². The molecule has 3 rings (SSSR count). The SMILES string of the molecule is C=C1C/C(=C\C)C(=O)OC2CCN3CC=C(COC(=O)C1(O)CO)C23. The second kappa shape index (κ2) is 6.74. The Morgan fingerprint density at radius 2 is 2.24 bits per heavy atom. The van der Waals surface area contributed by atoms with Crippen molar-refractivity contribution in [3.05, 3.63) is 35.5 Å². The molecule has 0 spiro atoms. The molecule has 0 aromatic carbocycles. The number of hydrogen-bond acceptors (Lipinski definition) is 7. The quantitative estimate of drug-likeness (QED) is 0.393. The standard InChI is InChI=1S/C18H23NO6/c1-3-12-8-11(2)18(23,10-20)17(22)24-9-13-4-6-19-7-5-14(15(13)19)25-16(12)21/h3-4,14-15,20,23H,2,5-10H2,1H3/b12-3+. The van der Waals surface area contributed by atoms with Crippen molar-refractivity contribution in [3.8, 4) is 0 Å². The molecule has 7 heteroatoms. The third-order valence-corrected chi connectivity index (χ3v) is 5.21. The van der Waals surface area contributed by atoms with Crippen molar-refractivity contribution < 1.29 is 29.3 Å². The van der Waals surface area contributed by atoms with Gasteiger partial charge in [-0.1, -0.05) is 18.7 Å². The first kappa shape index (κ1) is 17.8. The fourth-order valence-corrected chi connectivity index (χ4v) is 3.60. The summed E-state index contributed by atoms with van der Waals surface area (Å²) in [6.07, 6.45) is 3.87. The molecule has 3 aliphatic rings. The average Bonchev–Trinajstić information content (AvgIpc) is 3.18. The topological polar surface area (TPSA) is 96.3 Å². The van der Waals surface area contributed by atoms with E-state index in [0.717, 1.165) is 18.5 Å². The molecule has 0 aliphatic carbocycles. The number of allylic oxidation sites excluding steroid dienone is 1. The van der Waals surface area contributed by atoms with E-state index in [4.69, 9.17) is 9.47 Å². The highest BCUT2D eigenvalue weighted by atomic mass is 16.6. The summed E-state index contributed by atoms with van der Waals surface area (Å²) in [4.78, 5) is 27.1. The summed E-state index contributed by atoms with van der Waals surface area (Å²) in [6, 6.07) is -0.111. The third kappa shape index (κ3) is 3.03. The zero-order valence-corrected chi connectivity index (χ0v) is 14.2. The number of nitrogens with zero attached hydrogens (tertiary/aromatic N) is 1. The Morgan fingerprint density at radius 3 is 2.92 bits per heavy atom. The maximum absolute atomic E-state index is 12.5. The first-order chi connectivity index (χ1) is 11.9. The number of carbonyl (C=O) groups excluding carboxylic acids is 2. The highest BCUT2D eigenvalue weighted by Crippen LogP contribution is 2.33. The van der Waals surface area contributed by atoms with E-state index in [0.29, 0.717) is 6.54 Å². The van der Waals surface area contributed by atoms with Gasteiger partial charge in [-0.05, 0) is 24.5 Å². The van der Waals surface area contributed by atoms with Gasteiger partial charge in [0.1, 0.15) is 12.7 Å². The lowest BCUT2D eigenvalue weighted by Crippen LogP contribution is -2.46. The lowest BCUT2D eigenvalue weighted by molar-refractivity contribution is -0.164. The average molecular weight is 349 g/mol. The van der Waals surface area contributed by atoms with Gasteiger partial charge in [-0.2, -0.15) is 0 Å². The van der Waals surface area contributed by atoms with Crippen molar-refractivity contribution in [2.75, 3.05) is 26.3 Å². The highest BCUT2D eigenvalue weighted by molar-refractivity contribution is 5.90. The molecule has 2 saturated heterocycles. The molecule has 2 N–H and O–H groups in total. The summed E-state index contributed by atoms with van der Waals surface area (Å²) in [5, 5.41) is 20.1. The molecule has 3 heterocycles. The Kier molecular flexibility index (Phi) is 4.81. The fraction of sp³-hybridized carbons (Fsp3) is 0.556. The van der Waals surface area contributed by atoms with Gasteiger partial charge in [0.15, 0.2) is 0 Å². The molecule has 3 unspecified atom stereocenters. The minimum absolute atomic E-state index is 0.00405. The second-order valence-electron chi connectivity index (χ2n) is 6.64. The van der Waals surface area contributed by atoms with Crippen LogP contribution >= 0.6 is 0 Å². The van der Waals surface area contributed by atoms with Gasteiger partial charge < -0.3 is 19.7 Å². The zero-order chi connectivity index (χ0) is 18.2. The van der Waals surface area contributed by atoms with Gasteiger partial charge in [-0.3, -0.25) is 4.90 Å². The molecule has 0 aromatic rings. The normalized spacial score (nSPS) is 35.6. The Labute approximate surface area is 146 Å². The van der Waals surface area contributed by atoms with Gasteiger partial charge in [-0.25, -0.2) is 9.59 Å². The summed E-state index contributed by atoms with van der Waals surface area (Å²) >= 11 is 0. The molecule has 3 aliphatic heterocycles. The van der Waals surface area contributed by atoms with Crippen LogP contribution in [0.3, 0.4) is 0 Å². The van der Waals surface area contributed by atoms with Crippen molar-refractivity contribution in [2.45, 2.75) is 37.5 Å². The maximum Gasteiger partial charge on any atom is 0.345 e. The molecular weight excluding hydrogens is 326 g/mol. The van der Waals surface area contributed by atoms with Crippen LogP contribution in [0.15, 0.2) is 35.5 Å². The van der Waals surface area contributed by atoms with Crippen molar-refractivity contribution in [1.29, 1.82) is 0 Å². The number of esters is 2. The monoisotopic (exact) mass is 349 g/mol. The number of ether oxygens (including phenoxy) is 2.